The summed E-state index contributed by atoms with van der Waals surface area (Å²) in [4.78, 5) is 1.14. The molecule has 0 aliphatic heterocycles. The lowest BCUT2D eigenvalue weighted by Gasteiger charge is -2.04. The lowest BCUT2D eigenvalue weighted by Crippen LogP contribution is -2.09. The fourth-order valence-electron chi connectivity index (χ4n) is 1.02. The van der Waals surface area contributed by atoms with Gasteiger partial charge >= 0.3 is 0 Å². The Bertz CT molecular complexity index is 383. The Kier molecular flexibility index (Phi) is 2.78. The molecule has 0 spiro atoms. The van der Waals surface area contributed by atoms with Gasteiger partial charge in [0.2, 0.25) is 0 Å². The normalized spacial score (nSPS) is 13.1. The molecule has 2 heterocycles. The first kappa shape index (κ1) is 9.33. The third-order valence-electron chi connectivity index (χ3n) is 1.68. The van der Waals surface area contributed by atoms with Gasteiger partial charge in [-0.15, -0.1) is 11.3 Å². The van der Waals surface area contributed by atoms with Gasteiger partial charge in [0.15, 0.2) is 0 Å². The molecule has 0 amide bonds. The Balaban J connectivity index is 2.28. The number of hydrogen-bond acceptors (Lipinski definition) is 4. The Hall–Kier alpha value is -0.230. The van der Waals surface area contributed by atoms with Gasteiger partial charge in [0.25, 0.3) is 0 Å². The second-order valence-corrected chi connectivity index (χ2v) is 5.70. The van der Waals surface area contributed by atoms with Crippen LogP contribution in [0, 0.1) is 0 Å². The van der Waals surface area contributed by atoms with Crippen LogP contribution in [-0.2, 0) is 0 Å². The van der Waals surface area contributed by atoms with Crippen LogP contribution in [0.1, 0.15) is 16.6 Å². The molecule has 2 aromatic heterocycles. The van der Waals surface area contributed by atoms with Crippen molar-refractivity contribution in [2.45, 2.75) is 6.04 Å². The maximum atomic E-state index is 6.01. The van der Waals surface area contributed by atoms with Gasteiger partial charge in [-0.1, -0.05) is 0 Å². The van der Waals surface area contributed by atoms with Crippen molar-refractivity contribution < 1.29 is 0 Å². The van der Waals surface area contributed by atoms with Crippen molar-refractivity contribution in [2.24, 2.45) is 5.73 Å². The highest BCUT2D eigenvalue weighted by molar-refractivity contribution is 9.11. The van der Waals surface area contributed by atoms with E-state index in [1.807, 2.05) is 23.6 Å². The van der Waals surface area contributed by atoms with E-state index in [0.717, 1.165) is 14.4 Å². The van der Waals surface area contributed by atoms with Crippen molar-refractivity contribution in [3.63, 3.8) is 0 Å². The summed E-state index contributed by atoms with van der Waals surface area (Å²) in [5.74, 6) is 0. The van der Waals surface area contributed by atoms with Crippen molar-refractivity contribution in [3.05, 3.63) is 37.9 Å². The molecule has 2 rings (SSSR count). The van der Waals surface area contributed by atoms with E-state index in [4.69, 9.17) is 5.73 Å². The van der Waals surface area contributed by atoms with Crippen molar-refractivity contribution in [1.29, 1.82) is 0 Å². The molecule has 2 aromatic rings. The first-order valence-electron chi connectivity index (χ1n) is 3.68. The summed E-state index contributed by atoms with van der Waals surface area (Å²) in [5.41, 5.74) is 6.95. The lowest BCUT2D eigenvalue weighted by molar-refractivity contribution is 0.866. The molecular formula is C8H7BrN2S2. The number of rotatable bonds is 2. The zero-order chi connectivity index (χ0) is 9.26. The van der Waals surface area contributed by atoms with Crippen LogP contribution >= 0.6 is 38.8 Å². The van der Waals surface area contributed by atoms with E-state index in [2.05, 4.69) is 20.3 Å². The molecule has 0 radical (unpaired) electrons. The summed E-state index contributed by atoms with van der Waals surface area (Å²) in [6.45, 7) is 0. The molecule has 0 aliphatic carbocycles. The molecule has 0 bridgehead atoms. The van der Waals surface area contributed by atoms with E-state index in [9.17, 15) is 0 Å². The minimum absolute atomic E-state index is 0.0810. The van der Waals surface area contributed by atoms with Gasteiger partial charge in [0, 0.05) is 10.3 Å². The van der Waals surface area contributed by atoms with Gasteiger partial charge in [-0.05, 0) is 45.7 Å². The zero-order valence-electron chi connectivity index (χ0n) is 6.61. The monoisotopic (exact) mass is 274 g/mol. The smallest absolute Gasteiger partial charge is 0.0831 e. The third-order valence-corrected chi connectivity index (χ3v) is 3.96. The molecule has 5 heteroatoms. The van der Waals surface area contributed by atoms with Crippen molar-refractivity contribution in [2.75, 3.05) is 0 Å². The van der Waals surface area contributed by atoms with Gasteiger partial charge in [-0.25, -0.2) is 0 Å². The number of nitrogens with two attached hydrogens (primary N) is 1. The number of nitrogens with zero attached hydrogens (tertiary/aromatic N) is 1. The summed E-state index contributed by atoms with van der Waals surface area (Å²) >= 11 is 6.49. The van der Waals surface area contributed by atoms with Crippen LogP contribution in [0.5, 0.6) is 0 Å². The third kappa shape index (κ3) is 1.99. The zero-order valence-corrected chi connectivity index (χ0v) is 9.82. The molecule has 1 unspecified atom stereocenters. The molecule has 0 saturated heterocycles. The molecule has 0 aliphatic rings. The maximum absolute atomic E-state index is 6.01. The molecule has 0 fully saturated rings. The topological polar surface area (TPSA) is 38.9 Å². The first-order chi connectivity index (χ1) is 6.27. The molecular weight excluding hydrogens is 268 g/mol. The second-order valence-electron chi connectivity index (χ2n) is 2.54. The van der Waals surface area contributed by atoms with Crippen LogP contribution in [0.4, 0.5) is 0 Å². The van der Waals surface area contributed by atoms with Crippen LogP contribution in [0.2, 0.25) is 0 Å². The second kappa shape index (κ2) is 3.88. The Morgan fingerprint density at radius 2 is 2.23 bits per heavy atom. The van der Waals surface area contributed by atoms with Crippen molar-refractivity contribution in [1.82, 2.24) is 4.37 Å². The number of aromatic nitrogens is 1. The van der Waals surface area contributed by atoms with Crippen molar-refractivity contribution >= 4 is 38.8 Å². The van der Waals surface area contributed by atoms with E-state index in [1.54, 1.807) is 11.3 Å². The molecule has 68 valence electrons. The van der Waals surface area contributed by atoms with Gasteiger partial charge in [-0.3, -0.25) is 0 Å². The average molecular weight is 275 g/mol. The van der Waals surface area contributed by atoms with Crippen LogP contribution in [0.3, 0.4) is 0 Å². The van der Waals surface area contributed by atoms with Gasteiger partial charge in [0.05, 0.1) is 15.5 Å². The molecule has 2 N–H and O–H groups in total. The largest absolute Gasteiger partial charge is 0.318 e. The minimum Gasteiger partial charge on any atom is -0.318 e. The predicted octanol–water partition coefficient (Wildman–Crippen LogP) is 3.02. The maximum Gasteiger partial charge on any atom is 0.0831 e. The van der Waals surface area contributed by atoms with E-state index >= 15 is 0 Å². The predicted molar refractivity (Wildman–Crippen MR) is 60.2 cm³/mol. The van der Waals surface area contributed by atoms with Crippen LogP contribution in [0.15, 0.2) is 27.4 Å². The summed E-state index contributed by atoms with van der Waals surface area (Å²) in [6.07, 6.45) is 0. The fourth-order valence-corrected chi connectivity index (χ4v) is 3.02. The van der Waals surface area contributed by atoms with Crippen LogP contribution < -0.4 is 5.73 Å². The molecule has 1 atom stereocenters. The van der Waals surface area contributed by atoms with E-state index in [0.29, 0.717) is 0 Å². The van der Waals surface area contributed by atoms with Crippen molar-refractivity contribution in [3.8, 4) is 0 Å². The Labute approximate surface area is 92.7 Å². The number of hydrogen-bond donors (Lipinski definition) is 1. The fraction of sp³-hybridized carbons (Fsp3) is 0.125. The number of halogens is 1. The number of thiophene rings is 1. The first-order valence-corrected chi connectivity index (χ1v) is 6.13. The molecule has 2 nitrogen and oxygen atoms in total. The minimum atomic E-state index is -0.0810. The Morgan fingerprint density at radius 3 is 2.77 bits per heavy atom. The highest BCUT2D eigenvalue weighted by atomic mass is 79.9. The van der Waals surface area contributed by atoms with E-state index in [-0.39, 0.29) is 6.04 Å². The van der Waals surface area contributed by atoms with E-state index < -0.39 is 0 Å². The standard InChI is InChI=1S/C8H7BrN2S2/c9-7-2-1-6(13-7)8(10)5-3-4-12-11-5/h1-4,8H,10H2. The Morgan fingerprint density at radius 1 is 1.38 bits per heavy atom. The lowest BCUT2D eigenvalue weighted by atomic mass is 10.2. The highest BCUT2D eigenvalue weighted by Gasteiger charge is 2.12. The summed E-state index contributed by atoms with van der Waals surface area (Å²) in [6, 6.07) is 5.91. The quantitative estimate of drug-likeness (QED) is 0.915. The SMILES string of the molecule is NC(c1ccsn1)c1ccc(Br)s1. The average Bonchev–Trinajstić information content (AvgIpc) is 2.72. The summed E-state index contributed by atoms with van der Waals surface area (Å²) < 4.78 is 5.31. The van der Waals surface area contributed by atoms with E-state index in [1.165, 1.54) is 11.5 Å². The molecule has 13 heavy (non-hydrogen) atoms. The summed E-state index contributed by atoms with van der Waals surface area (Å²) in [5, 5.41) is 1.94. The van der Waals surface area contributed by atoms with Crippen LogP contribution in [0.25, 0.3) is 0 Å². The molecule has 0 aromatic carbocycles. The summed E-state index contributed by atoms with van der Waals surface area (Å²) in [7, 11) is 0. The van der Waals surface area contributed by atoms with Gasteiger partial charge < -0.3 is 5.73 Å². The van der Waals surface area contributed by atoms with Crippen LogP contribution in [-0.4, -0.2) is 4.37 Å². The van der Waals surface area contributed by atoms with Gasteiger partial charge in [-0.2, -0.15) is 4.37 Å². The highest BCUT2D eigenvalue weighted by Crippen LogP contribution is 2.29. The molecule has 0 saturated carbocycles. The van der Waals surface area contributed by atoms with Gasteiger partial charge in [0.1, 0.15) is 0 Å².